The zero-order valence-corrected chi connectivity index (χ0v) is 23.3. The van der Waals surface area contributed by atoms with E-state index in [9.17, 15) is 13.2 Å². The summed E-state index contributed by atoms with van der Waals surface area (Å²) < 4.78 is 25.6. The summed E-state index contributed by atoms with van der Waals surface area (Å²) in [6, 6.07) is 16.6. The largest absolute Gasteiger partial charge is 0.334 e. The standard InChI is InChI=1S/C23H21Cl2N3O3S.2C2H6/c24-21-3-1-2-17(22(21)25)13-27-23(29)28-19-6-8-20(9-7-19)32(30,31)14-15-4-5-16-11-26-12-18(16)10-15;2*1-2/h1-10,26H,11-14H2,(H2,27,28,29);2*1-2H3. The Bertz CT molecular complexity index is 1260. The van der Waals surface area contributed by atoms with Crippen LogP contribution in [0.3, 0.4) is 0 Å². The zero-order valence-electron chi connectivity index (χ0n) is 21.0. The molecule has 36 heavy (non-hydrogen) atoms. The zero-order chi connectivity index (χ0) is 26.7. The van der Waals surface area contributed by atoms with E-state index in [1.165, 1.54) is 17.7 Å². The first-order chi connectivity index (χ1) is 17.3. The van der Waals surface area contributed by atoms with Gasteiger partial charge in [-0.05, 0) is 52.6 Å². The molecule has 4 rings (SSSR count). The van der Waals surface area contributed by atoms with Crippen LogP contribution in [-0.4, -0.2) is 14.4 Å². The highest BCUT2D eigenvalue weighted by Crippen LogP contribution is 2.25. The number of rotatable bonds is 6. The third-order valence-corrected chi connectivity index (χ3v) is 7.76. The molecule has 0 aromatic heterocycles. The fourth-order valence-electron chi connectivity index (χ4n) is 3.52. The second kappa shape index (κ2) is 14.2. The first-order valence-electron chi connectivity index (χ1n) is 11.9. The van der Waals surface area contributed by atoms with Crippen LogP contribution in [0.5, 0.6) is 0 Å². The van der Waals surface area contributed by atoms with E-state index in [1.807, 2.05) is 45.9 Å². The van der Waals surface area contributed by atoms with Crippen molar-refractivity contribution < 1.29 is 13.2 Å². The minimum Gasteiger partial charge on any atom is -0.334 e. The first-order valence-corrected chi connectivity index (χ1v) is 14.3. The van der Waals surface area contributed by atoms with Gasteiger partial charge in [0.1, 0.15) is 0 Å². The SMILES string of the molecule is CC.CC.O=C(NCc1cccc(Cl)c1Cl)Nc1ccc(S(=O)(=O)Cc2ccc3c(c2)CNC3)cc1. The van der Waals surface area contributed by atoms with Crippen LogP contribution in [0.15, 0.2) is 65.6 Å². The lowest BCUT2D eigenvalue weighted by atomic mass is 10.1. The van der Waals surface area contributed by atoms with Crippen LogP contribution in [-0.2, 0) is 35.2 Å². The lowest BCUT2D eigenvalue weighted by molar-refractivity contribution is 0.251. The van der Waals surface area contributed by atoms with Crippen molar-refractivity contribution in [2.24, 2.45) is 0 Å². The topological polar surface area (TPSA) is 87.3 Å². The van der Waals surface area contributed by atoms with Crippen LogP contribution in [0, 0.1) is 0 Å². The number of carbonyl (C=O) groups excluding carboxylic acids is 1. The normalized spacial score (nSPS) is 11.8. The van der Waals surface area contributed by atoms with Gasteiger partial charge in [-0.1, -0.05) is 81.2 Å². The van der Waals surface area contributed by atoms with Crippen molar-refractivity contribution in [1.82, 2.24) is 10.6 Å². The van der Waals surface area contributed by atoms with Crippen LogP contribution >= 0.6 is 23.2 Å². The number of benzene rings is 3. The van der Waals surface area contributed by atoms with Crippen molar-refractivity contribution in [3.8, 4) is 0 Å². The van der Waals surface area contributed by atoms with Crippen molar-refractivity contribution in [3.05, 3.63) is 93.0 Å². The van der Waals surface area contributed by atoms with Crippen molar-refractivity contribution in [1.29, 1.82) is 0 Å². The van der Waals surface area contributed by atoms with E-state index in [-0.39, 0.29) is 17.2 Å². The smallest absolute Gasteiger partial charge is 0.319 e. The van der Waals surface area contributed by atoms with Crippen LogP contribution in [0.1, 0.15) is 49.9 Å². The molecule has 2 amide bonds. The fraction of sp³-hybridized carbons (Fsp3) is 0.296. The van der Waals surface area contributed by atoms with Crippen molar-refractivity contribution in [2.45, 2.75) is 58.0 Å². The number of carbonyl (C=O) groups is 1. The molecule has 1 aliphatic rings. The van der Waals surface area contributed by atoms with Gasteiger partial charge in [-0.15, -0.1) is 0 Å². The number of fused-ring (bicyclic) bond motifs is 1. The molecule has 194 valence electrons. The number of anilines is 1. The number of hydrogen-bond donors (Lipinski definition) is 3. The van der Waals surface area contributed by atoms with Crippen LogP contribution in [0.25, 0.3) is 0 Å². The second-order valence-corrected chi connectivity index (χ2v) is 10.3. The van der Waals surface area contributed by atoms with Gasteiger partial charge in [-0.3, -0.25) is 0 Å². The number of hydrogen-bond acceptors (Lipinski definition) is 4. The number of amides is 2. The minimum absolute atomic E-state index is 0.0755. The van der Waals surface area contributed by atoms with Gasteiger partial charge in [0.25, 0.3) is 0 Å². The van der Waals surface area contributed by atoms with E-state index in [0.29, 0.717) is 21.3 Å². The van der Waals surface area contributed by atoms with E-state index in [4.69, 9.17) is 23.2 Å². The molecule has 0 saturated carbocycles. The molecule has 1 heterocycles. The summed E-state index contributed by atoms with van der Waals surface area (Å²) in [6.07, 6.45) is 0. The highest BCUT2D eigenvalue weighted by molar-refractivity contribution is 7.90. The average Bonchev–Trinajstić information content (AvgIpc) is 3.35. The number of sulfone groups is 1. The number of halogens is 2. The maximum absolute atomic E-state index is 12.8. The number of urea groups is 1. The maximum atomic E-state index is 12.8. The Kier molecular flexibility index (Phi) is 11.7. The molecular formula is C27H33Cl2N3O3S. The first kappa shape index (κ1) is 29.6. The second-order valence-electron chi connectivity index (χ2n) is 7.51. The Morgan fingerprint density at radius 3 is 2.28 bits per heavy atom. The Labute approximate surface area is 224 Å². The van der Waals surface area contributed by atoms with Crippen molar-refractivity contribution >= 4 is 44.8 Å². The molecule has 9 heteroatoms. The summed E-state index contributed by atoms with van der Waals surface area (Å²) in [5.41, 5.74) is 4.27. The van der Waals surface area contributed by atoms with E-state index in [0.717, 1.165) is 24.2 Å². The average molecular weight is 551 g/mol. The van der Waals surface area contributed by atoms with Gasteiger partial charge in [-0.25, -0.2) is 13.2 Å². The van der Waals surface area contributed by atoms with Gasteiger partial charge in [0.05, 0.1) is 20.7 Å². The molecule has 0 saturated heterocycles. The highest BCUT2D eigenvalue weighted by atomic mass is 35.5. The minimum atomic E-state index is -3.51. The molecule has 0 fully saturated rings. The lowest BCUT2D eigenvalue weighted by Crippen LogP contribution is -2.28. The molecule has 0 spiro atoms. The molecule has 0 bridgehead atoms. The summed E-state index contributed by atoms with van der Waals surface area (Å²) in [4.78, 5) is 12.4. The van der Waals surface area contributed by atoms with Crippen LogP contribution < -0.4 is 16.0 Å². The molecule has 3 aromatic carbocycles. The summed E-state index contributed by atoms with van der Waals surface area (Å²) in [5.74, 6) is -0.0755. The predicted octanol–water partition coefficient (Wildman–Crippen LogP) is 6.94. The third kappa shape index (κ3) is 7.96. The summed E-state index contributed by atoms with van der Waals surface area (Å²) in [7, 11) is -3.51. The fourth-order valence-corrected chi connectivity index (χ4v) is 5.24. The Hall–Kier alpha value is -2.58. The molecule has 1 aliphatic heterocycles. The van der Waals surface area contributed by atoms with Crippen LogP contribution in [0.4, 0.5) is 10.5 Å². The molecule has 0 atom stereocenters. The van der Waals surface area contributed by atoms with E-state index in [2.05, 4.69) is 16.0 Å². The van der Waals surface area contributed by atoms with Gasteiger partial charge in [0, 0.05) is 25.3 Å². The Morgan fingerprint density at radius 2 is 1.58 bits per heavy atom. The molecule has 0 aliphatic carbocycles. The van der Waals surface area contributed by atoms with Crippen molar-refractivity contribution in [2.75, 3.05) is 5.32 Å². The van der Waals surface area contributed by atoms with E-state index >= 15 is 0 Å². The van der Waals surface area contributed by atoms with Gasteiger partial charge in [-0.2, -0.15) is 0 Å². The van der Waals surface area contributed by atoms with Crippen LogP contribution in [0.2, 0.25) is 10.0 Å². The molecule has 0 unspecified atom stereocenters. The van der Waals surface area contributed by atoms with Crippen molar-refractivity contribution in [3.63, 3.8) is 0 Å². The lowest BCUT2D eigenvalue weighted by Gasteiger charge is -2.10. The highest BCUT2D eigenvalue weighted by Gasteiger charge is 2.18. The van der Waals surface area contributed by atoms with Gasteiger partial charge < -0.3 is 16.0 Å². The van der Waals surface area contributed by atoms with Gasteiger partial charge >= 0.3 is 6.03 Å². The predicted molar refractivity (Wildman–Crippen MR) is 149 cm³/mol. The molecule has 3 aromatic rings. The maximum Gasteiger partial charge on any atom is 0.319 e. The molecule has 0 radical (unpaired) electrons. The Balaban J connectivity index is 0.00000109. The summed E-state index contributed by atoms with van der Waals surface area (Å²) >= 11 is 12.1. The monoisotopic (exact) mass is 549 g/mol. The van der Waals surface area contributed by atoms with E-state index < -0.39 is 15.9 Å². The molecular weight excluding hydrogens is 517 g/mol. The third-order valence-electron chi connectivity index (χ3n) is 5.20. The Morgan fingerprint density at radius 1 is 0.917 bits per heavy atom. The number of nitrogens with one attached hydrogen (secondary N) is 3. The quantitative estimate of drug-likeness (QED) is 0.310. The van der Waals surface area contributed by atoms with E-state index in [1.54, 1.807) is 30.3 Å². The summed E-state index contributed by atoms with van der Waals surface area (Å²) in [6.45, 7) is 9.78. The molecule has 6 nitrogen and oxygen atoms in total. The van der Waals surface area contributed by atoms with Gasteiger partial charge in [0.15, 0.2) is 9.84 Å². The summed E-state index contributed by atoms with van der Waals surface area (Å²) in [5, 5.41) is 9.43. The van der Waals surface area contributed by atoms with Gasteiger partial charge in [0.2, 0.25) is 0 Å². The molecule has 3 N–H and O–H groups in total.